The molecule has 234 valence electrons. The zero-order valence-corrected chi connectivity index (χ0v) is 25.6. The molecule has 0 heterocycles. The molecule has 13 heteroatoms. The van der Waals surface area contributed by atoms with E-state index in [1.54, 1.807) is 42.5 Å². The topological polar surface area (TPSA) is 155 Å². The Morgan fingerprint density at radius 3 is 1.89 bits per heavy atom. The minimum Gasteiger partial charge on any atom is -0.493 e. The molecular weight excluding hydrogens is 592 g/mol. The standard InChI is InChI=1S/C31H34N2O10S/c1-40-25-15-14-22(20-26(25)41-2)44(38,39)30(31(37)33(18-16-27(34)42-3)19-17-28(35)43-4)32-24-13-9-8-12-23(24)29(36)21-10-6-5-7-11-21/h5-15,20,30,32H,16-19H2,1-4H3. The molecule has 1 N–H and O–H groups in total. The molecule has 0 fully saturated rings. The van der Waals surface area contributed by atoms with E-state index in [4.69, 9.17) is 9.47 Å². The van der Waals surface area contributed by atoms with E-state index in [2.05, 4.69) is 14.8 Å². The van der Waals surface area contributed by atoms with Gasteiger partial charge in [-0.3, -0.25) is 19.2 Å². The number of anilines is 1. The number of benzene rings is 3. The van der Waals surface area contributed by atoms with Gasteiger partial charge in [-0.05, 0) is 24.3 Å². The predicted molar refractivity (Wildman–Crippen MR) is 160 cm³/mol. The van der Waals surface area contributed by atoms with Crippen molar-refractivity contribution in [1.29, 1.82) is 0 Å². The van der Waals surface area contributed by atoms with Gasteiger partial charge in [0.05, 0.1) is 46.2 Å². The Balaban J connectivity index is 2.14. The predicted octanol–water partition coefficient (Wildman–Crippen LogP) is 3.10. The molecule has 3 rings (SSSR count). The van der Waals surface area contributed by atoms with Crippen LogP contribution in [0, 0.1) is 0 Å². The maximum Gasteiger partial charge on any atom is 0.307 e. The van der Waals surface area contributed by atoms with Crippen molar-refractivity contribution >= 4 is 39.2 Å². The van der Waals surface area contributed by atoms with E-state index in [1.807, 2.05) is 0 Å². The summed E-state index contributed by atoms with van der Waals surface area (Å²) in [5, 5.41) is 0.783. The van der Waals surface area contributed by atoms with Crippen LogP contribution in [0.5, 0.6) is 11.5 Å². The number of ether oxygens (including phenoxy) is 4. The molecule has 3 aromatic rings. The molecule has 0 saturated heterocycles. The van der Waals surface area contributed by atoms with E-state index >= 15 is 0 Å². The number of amides is 1. The number of nitrogens with one attached hydrogen (secondary N) is 1. The summed E-state index contributed by atoms with van der Waals surface area (Å²) in [4.78, 5) is 52.2. The number of hydrogen-bond donors (Lipinski definition) is 1. The van der Waals surface area contributed by atoms with Crippen LogP contribution in [-0.2, 0) is 33.7 Å². The van der Waals surface area contributed by atoms with Crippen molar-refractivity contribution in [3.05, 3.63) is 83.9 Å². The highest BCUT2D eigenvalue weighted by atomic mass is 32.2. The molecule has 0 spiro atoms. The third kappa shape index (κ3) is 8.13. The number of hydrogen-bond acceptors (Lipinski definition) is 11. The summed E-state index contributed by atoms with van der Waals surface area (Å²) in [6.07, 6.45) is -0.536. The minimum atomic E-state index is -4.58. The highest BCUT2D eigenvalue weighted by Gasteiger charge is 2.38. The zero-order valence-electron chi connectivity index (χ0n) is 24.8. The fourth-order valence-electron chi connectivity index (χ4n) is 4.25. The number of nitrogens with zero attached hydrogens (tertiary/aromatic N) is 1. The van der Waals surface area contributed by atoms with Crippen molar-refractivity contribution < 1.29 is 46.5 Å². The maximum atomic E-state index is 14.2. The lowest BCUT2D eigenvalue weighted by atomic mass is 10.0. The van der Waals surface area contributed by atoms with Crippen LogP contribution in [0.15, 0.2) is 77.7 Å². The van der Waals surface area contributed by atoms with Gasteiger partial charge in [0.1, 0.15) is 0 Å². The highest BCUT2D eigenvalue weighted by molar-refractivity contribution is 7.93. The van der Waals surface area contributed by atoms with Crippen molar-refractivity contribution in [3.63, 3.8) is 0 Å². The number of carbonyl (C=O) groups excluding carboxylic acids is 4. The fraction of sp³-hybridized carbons (Fsp3) is 0.290. The number of rotatable bonds is 15. The quantitative estimate of drug-likeness (QED) is 0.195. The number of para-hydroxylation sites is 1. The second kappa shape index (κ2) is 15.5. The molecule has 0 aromatic heterocycles. The molecular formula is C31H34N2O10S. The van der Waals surface area contributed by atoms with E-state index in [0.29, 0.717) is 5.56 Å². The minimum absolute atomic E-state index is 0.0737. The van der Waals surface area contributed by atoms with Gasteiger partial charge in [-0.25, -0.2) is 8.42 Å². The van der Waals surface area contributed by atoms with Crippen LogP contribution in [0.2, 0.25) is 0 Å². The molecule has 1 unspecified atom stereocenters. The van der Waals surface area contributed by atoms with Gasteiger partial charge in [-0.2, -0.15) is 0 Å². The molecule has 12 nitrogen and oxygen atoms in total. The monoisotopic (exact) mass is 626 g/mol. The lowest BCUT2D eigenvalue weighted by molar-refractivity contribution is -0.142. The molecule has 0 aliphatic carbocycles. The summed E-state index contributed by atoms with van der Waals surface area (Å²) < 4.78 is 48.3. The molecule has 0 radical (unpaired) electrons. The molecule has 0 aliphatic rings. The van der Waals surface area contributed by atoms with Crippen molar-refractivity contribution in [1.82, 2.24) is 4.90 Å². The first-order valence-corrected chi connectivity index (χ1v) is 15.0. The largest absolute Gasteiger partial charge is 0.493 e. The van der Waals surface area contributed by atoms with E-state index in [-0.39, 0.29) is 53.6 Å². The normalized spacial score (nSPS) is 11.5. The van der Waals surface area contributed by atoms with Crippen LogP contribution in [0.4, 0.5) is 5.69 Å². The Labute approximate surface area is 255 Å². The highest BCUT2D eigenvalue weighted by Crippen LogP contribution is 2.32. The summed E-state index contributed by atoms with van der Waals surface area (Å²) in [7, 11) is 0.499. The van der Waals surface area contributed by atoms with Crippen molar-refractivity contribution in [3.8, 4) is 11.5 Å². The van der Waals surface area contributed by atoms with Crippen molar-refractivity contribution in [2.75, 3.05) is 46.8 Å². The van der Waals surface area contributed by atoms with Gasteiger partial charge >= 0.3 is 11.9 Å². The summed E-state index contributed by atoms with van der Waals surface area (Å²) in [6, 6.07) is 18.4. The smallest absolute Gasteiger partial charge is 0.307 e. The number of esters is 2. The first kappa shape index (κ1) is 33.6. The maximum absolute atomic E-state index is 14.2. The average Bonchev–Trinajstić information content (AvgIpc) is 3.06. The summed E-state index contributed by atoms with van der Waals surface area (Å²) in [5.74, 6) is -2.31. The van der Waals surface area contributed by atoms with Crippen molar-refractivity contribution in [2.24, 2.45) is 0 Å². The average molecular weight is 627 g/mol. The van der Waals surface area contributed by atoms with Gasteiger partial charge < -0.3 is 29.2 Å². The van der Waals surface area contributed by atoms with Gasteiger partial charge in [0.25, 0.3) is 5.91 Å². The van der Waals surface area contributed by atoms with Gasteiger partial charge in [0.2, 0.25) is 15.2 Å². The Kier molecular flexibility index (Phi) is 11.9. The van der Waals surface area contributed by atoms with Gasteiger partial charge in [-0.15, -0.1) is 0 Å². The second-order valence-electron chi connectivity index (χ2n) is 9.30. The number of carbonyl (C=O) groups is 4. The Morgan fingerprint density at radius 1 is 0.750 bits per heavy atom. The van der Waals surface area contributed by atoms with Gasteiger partial charge in [0.15, 0.2) is 17.3 Å². The van der Waals surface area contributed by atoms with Crippen LogP contribution in [0.1, 0.15) is 28.8 Å². The van der Waals surface area contributed by atoms with E-state index in [0.717, 1.165) is 4.90 Å². The molecule has 1 atom stereocenters. The van der Waals surface area contributed by atoms with E-state index in [1.165, 1.54) is 58.8 Å². The molecule has 0 aliphatic heterocycles. The second-order valence-corrected chi connectivity index (χ2v) is 11.3. The summed E-state index contributed by atoms with van der Waals surface area (Å²) in [5.41, 5.74) is 0.546. The third-order valence-corrected chi connectivity index (χ3v) is 8.50. The molecule has 0 saturated carbocycles. The Bertz CT molecular complexity index is 1570. The van der Waals surface area contributed by atoms with Crippen LogP contribution in [0.3, 0.4) is 0 Å². The van der Waals surface area contributed by atoms with Gasteiger partial charge in [0, 0.05) is 36.0 Å². The van der Waals surface area contributed by atoms with E-state index < -0.39 is 38.8 Å². The molecule has 1 amide bonds. The molecule has 0 bridgehead atoms. The molecule has 44 heavy (non-hydrogen) atoms. The van der Waals surface area contributed by atoms with Crippen LogP contribution in [-0.4, -0.2) is 83.8 Å². The van der Waals surface area contributed by atoms with Crippen LogP contribution >= 0.6 is 0 Å². The Hall–Kier alpha value is -4.91. The SMILES string of the molecule is COC(=O)CCN(CCC(=O)OC)C(=O)C(Nc1ccccc1C(=O)c1ccccc1)S(=O)(=O)c1ccc(OC)c(OC)c1. The lowest BCUT2D eigenvalue weighted by Gasteiger charge is -2.28. The first-order chi connectivity index (χ1) is 21.1. The van der Waals surface area contributed by atoms with E-state index in [9.17, 15) is 27.6 Å². The summed E-state index contributed by atoms with van der Waals surface area (Å²) >= 11 is 0. The van der Waals surface area contributed by atoms with Gasteiger partial charge in [-0.1, -0.05) is 42.5 Å². The third-order valence-electron chi connectivity index (χ3n) is 6.65. The van der Waals surface area contributed by atoms with Crippen LogP contribution < -0.4 is 14.8 Å². The van der Waals surface area contributed by atoms with Crippen LogP contribution in [0.25, 0.3) is 0 Å². The number of methoxy groups -OCH3 is 4. The zero-order chi connectivity index (χ0) is 32.3. The van der Waals surface area contributed by atoms with Crippen molar-refractivity contribution in [2.45, 2.75) is 23.1 Å². The lowest BCUT2D eigenvalue weighted by Crippen LogP contribution is -2.48. The fourth-order valence-corrected chi connectivity index (χ4v) is 5.75. The number of ketones is 1. The molecule has 3 aromatic carbocycles. The Morgan fingerprint density at radius 2 is 1.32 bits per heavy atom. The number of sulfone groups is 1. The summed E-state index contributed by atoms with van der Waals surface area (Å²) in [6.45, 7) is -0.514. The first-order valence-electron chi connectivity index (χ1n) is 13.4.